The van der Waals surface area contributed by atoms with E-state index in [4.69, 9.17) is 14.2 Å². The van der Waals surface area contributed by atoms with Crippen molar-refractivity contribution in [2.24, 2.45) is 5.92 Å². The molecule has 1 spiro atoms. The molecule has 0 bridgehead atoms. The maximum atomic E-state index is 12.1. The number of ether oxygens (including phenoxy) is 3. The van der Waals surface area contributed by atoms with Crippen molar-refractivity contribution in [3.05, 3.63) is 36.0 Å². The zero-order chi connectivity index (χ0) is 24.1. The minimum Gasteiger partial charge on any atom is -0.459 e. The molecule has 2 aliphatic heterocycles. The first-order chi connectivity index (χ1) is 15.5. The highest BCUT2D eigenvalue weighted by atomic mass is 16.6. The molecule has 0 aromatic carbocycles. The summed E-state index contributed by atoms with van der Waals surface area (Å²) in [6, 6.07) is 0.219. The van der Waals surface area contributed by atoms with E-state index in [0.29, 0.717) is 5.92 Å². The largest absolute Gasteiger partial charge is 0.459 e. The number of amides is 1. The van der Waals surface area contributed by atoms with E-state index in [0.717, 1.165) is 51.6 Å². The highest BCUT2D eigenvalue weighted by molar-refractivity contribution is 5.87. The Labute approximate surface area is 198 Å². The number of esters is 1. The number of nitrogens with one attached hydrogen (secondary N) is 1. The molecule has 6 nitrogen and oxygen atoms in total. The third-order valence-electron chi connectivity index (χ3n) is 6.75. The van der Waals surface area contributed by atoms with Gasteiger partial charge in [-0.1, -0.05) is 23.8 Å². The normalized spacial score (nSPS) is 32.8. The van der Waals surface area contributed by atoms with Crippen LogP contribution in [0.3, 0.4) is 0 Å². The van der Waals surface area contributed by atoms with Gasteiger partial charge in [0.15, 0.2) is 0 Å². The van der Waals surface area contributed by atoms with Crippen LogP contribution < -0.4 is 5.32 Å². The predicted octanol–water partition coefficient (Wildman–Crippen LogP) is 4.79. The van der Waals surface area contributed by atoms with Crippen LogP contribution in [-0.2, 0) is 23.8 Å². The number of allylic oxidation sites excluding steroid dienone is 3. The van der Waals surface area contributed by atoms with Crippen LogP contribution in [0.5, 0.6) is 0 Å². The Hall–Kier alpha value is -1.92. The number of carbonyl (C=O) groups excluding carboxylic acids is 2. The number of carbonyl (C=O) groups is 2. The Morgan fingerprint density at radius 2 is 1.85 bits per heavy atom. The molecule has 1 aliphatic carbocycles. The molecular formula is C27H41NO5. The lowest BCUT2D eigenvalue weighted by Gasteiger charge is -2.38. The molecule has 0 aromatic heterocycles. The summed E-state index contributed by atoms with van der Waals surface area (Å²) in [7, 11) is 0. The van der Waals surface area contributed by atoms with Gasteiger partial charge < -0.3 is 19.5 Å². The van der Waals surface area contributed by atoms with E-state index in [1.807, 2.05) is 0 Å². The molecular weight excluding hydrogens is 418 g/mol. The van der Waals surface area contributed by atoms with E-state index in [9.17, 15) is 9.59 Å². The summed E-state index contributed by atoms with van der Waals surface area (Å²) in [5, 5.41) is 3.07. The maximum absolute atomic E-state index is 12.1. The Bertz CT molecular complexity index is 778. The first kappa shape index (κ1) is 25.7. The maximum Gasteiger partial charge on any atom is 0.303 e. The van der Waals surface area contributed by atoms with Crippen LogP contribution in [0.15, 0.2) is 36.0 Å². The van der Waals surface area contributed by atoms with Crippen molar-refractivity contribution in [2.45, 2.75) is 109 Å². The third kappa shape index (κ3) is 8.74. The van der Waals surface area contributed by atoms with Gasteiger partial charge in [0.2, 0.25) is 5.91 Å². The summed E-state index contributed by atoms with van der Waals surface area (Å²) in [6.45, 7) is 10.4. The van der Waals surface area contributed by atoms with Crippen LogP contribution in [0.2, 0.25) is 0 Å². The molecule has 184 valence electrons. The summed E-state index contributed by atoms with van der Waals surface area (Å²) in [5.74, 6) is 0.192. The number of hydrogen-bond donors (Lipinski definition) is 1. The highest BCUT2D eigenvalue weighted by Gasteiger charge is 2.53. The average Bonchev–Trinajstić information content (AvgIpc) is 3.46. The zero-order valence-corrected chi connectivity index (χ0v) is 20.9. The number of rotatable bonds is 8. The van der Waals surface area contributed by atoms with E-state index >= 15 is 0 Å². The van der Waals surface area contributed by atoms with Crippen molar-refractivity contribution in [1.82, 2.24) is 5.32 Å². The first-order valence-corrected chi connectivity index (χ1v) is 12.4. The second-order valence-corrected chi connectivity index (χ2v) is 10.7. The van der Waals surface area contributed by atoms with Crippen LogP contribution >= 0.6 is 0 Å². The Morgan fingerprint density at radius 1 is 1.15 bits per heavy atom. The fourth-order valence-corrected chi connectivity index (χ4v) is 5.13. The van der Waals surface area contributed by atoms with Crippen LogP contribution in [0, 0.1) is 5.92 Å². The molecule has 33 heavy (non-hydrogen) atoms. The van der Waals surface area contributed by atoms with E-state index in [1.54, 1.807) is 13.0 Å². The fraction of sp³-hybridized carbons (Fsp3) is 0.704. The van der Waals surface area contributed by atoms with E-state index in [2.05, 4.69) is 44.3 Å². The number of epoxide rings is 1. The summed E-state index contributed by atoms with van der Waals surface area (Å²) in [6.07, 6.45) is 16.7. The van der Waals surface area contributed by atoms with Crippen LogP contribution in [0.4, 0.5) is 0 Å². The second kappa shape index (κ2) is 11.0. The SMILES string of the molecule is CC(=O)O[C@@H](C)C=CC(=O)NC1CCC(CC=C(C)C=CC2C[C@]3(CO3)CC(C)(C)O2)CC1. The smallest absolute Gasteiger partial charge is 0.303 e. The molecule has 3 fully saturated rings. The summed E-state index contributed by atoms with van der Waals surface area (Å²) in [5.41, 5.74) is 1.19. The molecule has 1 saturated carbocycles. The van der Waals surface area contributed by atoms with Crippen molar-refractivity contribution in [3.63, 3.8) is 0 Å². The van der Waals surface area contributed by atoms with Crippen molar-refractivity contribution < 1.29 is 23.8 Å². The molecule has 0 aromatic rings. The van der Waals surface area contributed by atoms with Gasteiger partial charge in [0.1, 0.15) is 6.10 Å². The van der Waals surface area contributed by atoms with Crippen LogP contribution in [0.25, 0.3) is 0 Å². The van der Waals surface area contributed by atoms with E-state index in [1.165, 1.54) is 18.6 Å². The van der Waals surface area contributed by atoms with E-state index < -0.39 is 6.10 Å². The van der Waals surface area contributed by atoms with Crippen LogP contribution in [-0.4, -0.2) is 47.9 Å². The highest BCUT2D eigenvalue weighted by Crippen LogP contribution is 2.46. The minimum atomic E-state index is -0.396. The monoisotopic (exact) mass is 459 g/mol. The molecule has 2 saturated heterocycles. The van der Waals surface area contributed by atoms with Crippen molar-refractivity contribution in [3.8, 4) is 0 Å². The molecule has 1 unspecified atom stereocenters. The van der Waals surface area contributed by atoms with Gasteiger partial charge in [-0.3, -0.25) is 9.59 Å². The van der Waals surface area contributed by atoms with Gasteiger partial charge in [-0.2, -0.15) is 0 Å². The molecule has 1 N–H and O–H groups in total. The molecule has 6 heteroatoms. The summed E-state index contributed by atoms with van der Waals surface area (Å²) in [4.78, 5) is 23.0. The van der Waals surface area contributed by atoms with Gasteiger partial charge in [0.05, 0.1) is 23.9 Å². The fourth-order valence-electron chi connectivity index (χ4n) is 5.13. The lowest BCUT2D eigenvalue weighted by Crippen LogP contribution is -2.43. The minimum absolute atomic E-state index is 0.0544. The van der Waals surface area contributed by atoms with Gasteiger partial charge >= 0.3 is 5.97 Å². The summed E-state index contributed by atoms with van der Waals surface area (Å²) >= 11 is 0. The predicted molar refractivity (Wildman–Crippen MR) is 129 cm³/mol. The van der Waals surface area contributed by atoms with Gasteiger partial charge in [0.25, 0.3) is 0 Å². The van der Waals surface area contributed by atoms with Gasteiger partial charge in [-0.15, -0.1) is 0 Å². The molecule has 1 amide bonds. The van der Waals surface area contributed by atoms with Gasteiger partial charge in [-0.25, -0.2) is 0 Å². The quantitative estimate of drug-likeness (QED) is 0.244. The topological polar surface area (TPSA) is 77.2 Å². The first-order valence-electron chi connectivity index (χ1n) is 12.4. The van der Waals surface area contributed by atoms with E-state index in [-0.39, 0.29) is 35.2 Å². The zero-order valence-electron chi connectivity index (χ0n) is 20.9. The molecule has 3 atom stereocenters. The molecule has 3 aliphatic rings. The Morgan fingerprint density at radius 3 is 2.48 bits per heavy atom. The van der Waals surface area contributed by atoms with Crippen molar-refractivity contribution >= 4 is 11.9 Å². The van der Waals surface area contributed by atoms with Gasteiger partial charge in [-0.05, 0) is 71.8 Å². The second-order valence-electron chi connectivity index (χ2n) is 10.7. The molecule has 3 rings (SSSR count). The summed E-state index contributed by atoms with van der Waals surface area (Å²) < 4.78 is 17.0. The Balaban J connectivity index is 1.36. The standard InChI is InChI=1S/C27H41NO5/c1-19(7-14-24-16-27(18-31-27)17-26(4,5)33-24)6-9-22-10-12-23(13-11-22)28-25(30)15-8-20(2)32-21(3)29/h6-8,14-15,20,22-24H,9-13,16-18H2,1-5H3,(H,28,30)/t20-,22?,23?,24?,27+/m0/s1. The van der Waals surface area contributed by atoms with Gasteiger partial charge in [0, 0.05) is 31.9 Å². The lowest BCUT2D eigenvalue weighted by molar-refractivity contribution is -0.143. The number of hydrogen-bond acceptors (Lipinski definition) is 5. The third-order valence-corrected chi connectivity index (χ3v) is 6.75. The van der Waals surface area contributed by atoms with Crippen LogP contribution in [0.1, 0.15) is 79.6 Å². The molecule has 2 heterocycles. The van der Waals surface area contributed by atoms with Crippen molar-refractivity contribution in [2.75, 3.05) is 6.61 Å². The Kier molecular flexibility index (Phi) is 8.57. The van der Waals surface area contributed by atoms with Crippen molar-refractivity contribution in [1.29, 1.82) is 0 Å². The molecule has 0 radical (unpaired) electrons. The lowest BCUT2D eigenvalue weighted by atomic mass is 9.83. The average molecular weight is 460 g/mol.